The third kappa shape index (κ3) is 4.04. The van der Waals surface area contributed by atoms with E-state index in [4.69, 9.17) is 0 Å². The molecule has 122 valence electrons. The van der Waals surface area contributed by atoms with Crippen molar-refractivity contribution < 1.29 is 22.0 Å². The van der Waals surface area contributed by atoms with Crippen LogP contribution in [-0.4, -0.2) is 14.3 Å². The van der Waals surface area contributed by atoms with Crippen LogP contribution in [0.5, 0.6) is 0 Å². The second-order valence-corrected chi connectivity index (χ2v) is 6.54. The Balaban J connectivity index is 2.43. The van der Waals surface area contributed by atoms with Gasteiger partial charge in [0.2, 0.25) is 5.91 Å². The summed E-state index contributed by atoms with van der Waals surface area (Å²) in [5, 5.41) is 2.46. The number of rotatable bonds is 4. The summed E-state index contributed by atoms with van der Waals surface area (Å²) >= 11 is 0. The molecule has 2 N–H and O–H groups in total. The van der Waals surface area contributed by atoms with Crippen molar-refractivity contribution in [3.63, 3.8) is 0 Å². The molecule has 0 fully saturated rings. The van der Waals surface area contributed by atoms with Crippen LogP contribution in [0.2, 0.25) is 0 Å². The molecule has 2 aromatic rings. The molecule has 0 saturated heterocycles. The molecule has 0 atom stereocenters. The maximum Gasteiger partial charge on any atom is 0.262 e. The van der Waals surface area contributed by atoms with E-state index in [1.54, 1.807) is 13.0 Å². The van der Waals surface area contributed by atoms with Gasteiger partial charge < -0.3 is 5.32 Å². The SMILES string of the molecule is CC(=O)Nc1ccc(C)c(S(=O)(=O)Nc2cc(F)ccc2F)c1. The molecule has 2 rings (SSSR count). The summed E-state index contributed by atoms with van der Waals surface area (Å²) in [4.78, 5) is 10.9. The lowest BCUT2D eigenvalue weighted by Gasteiger charge is -2.13. The van der Waals surface area contributed by atoms with Crippen molar-refractivity contribution in [1.29, 1.82) is 0 Å². The monoisotopic (exact) mass is 340 g/mol. The van der Waals surface area contributed by atoms with Gasteiger partial charge in [-0.25, -0.2) is 17.2 Å². The number of amides is 1. The minimum absolute atomic E-state index is 0.146. The van der Waals surface area contributed by atoms with E-state index in [2.05, 4.69) is 5.32 Å². The third-order valence-corrected chi connectivity index (χ3v) is 4.48. The fourth-order valence-corrected chi connectivity index (χ4v) is 3.28. The molecular formula is C15H14F2N2O3S. The summed E-state index contributed by atoms with van der Waals surface area (Å²) in [6.07, 6.45) is 0. The summed E-state index contributed by atoms with van der Waals surface area (Å²) in [6.45, 7) is 2.84. The number of nitrogens with one attached hydrogen (secondary N) is 2. The van der Waals surface area contributed by atoms with E-state index in [-0.39, 0.29) is 16.5 Å². The number of hydrogen-bond acceptors (Lipinski definition) is 3. The Morgan fingerprint density at radius 1 is 1.09 bits per heavy atom. The van der Waals surface area contributed by atoms with E-state index >= 15 is 0 Å². The van der Waals surface area contributed by atoms with Crippen LogP contribution in [0.25, 0.3) is 0 Å². The molecule has 2 aromatic carbocycles. The Kier molecular flexibility index (Phi) is 4.65. The van der Waals surface area contributed by atoms with Crippen molar-refractivity contribution in [2.24, 2.45) is 0 Å². The Morgan fingerprint density at radius 2 is 1.78 bits per heavy atom. The molecule has 0 heterocycles. The number of halogens is 2. The Morgan fingerprint density at radius 3 is 2.43 bits per heavy atom. The van der Waals surface area contributed by atoms with E-state index in [0.29, 0.717) is 5.56 Å². The highest BCUT2D eigenvalue weighted by Gasteiger charge is 2.20. The van der Waals surface area contributed by atoms with Gasteiger partial charge in [0.1, 0.15) is 11.6 Å². The van der Waals surface area contributed by atoms with Crippen LogP contribution in [0.15, 0.2) is 41.3 Å². The van der Waals surface area contributed by atoms with Crippen molar-refractivity contribution in [1.82, 2.24) is 0 Å². The van der Waals surface area contributed by atoms with Gasteiger partial charge in [0.15, 0.2) is 0 Å². The number of aryl methyl sites for hydroxylation is 1. The normalized spacial score (nSPS) is 11.1. The summed E-state index contributed by atoms with van der Waals surface area (Å²) in [6, 6.07) is 6.75. The molecule has 0 bridgehead atoms. The number of carbonyl (C=O) groups is 1. The van der Waals surface area contributed by atoms with Crippen molar-refractivity contribution >= 4 is 27.3 Å². The van der Waals surface area contributed by atoms with E-state index in [0.717, 1.165) is 18.2 Å². The molecule has 0 spiro atoms. The number of benzene rings is 2. The van der Waals surface area contributed by atoms with Gasteiger partial charge in [-0.05, 0) is 36.8 Å². The fourth-order valence-electron chi connectivity index (χ4n) is 1.95. The number of carbonyl (C=O) groups excluding carboxylic acids is 1. The maximum absolute atomic E-state index is 13.6. The lowest BCUT2D eigenvalue weighted by molar-refractivity contribution is -0.114. The van der Waals surface area contributed by atoms with Gasteiger partial charge in [-0.3, -0.25) is 9.52 Å². The van der Waals surface area contributed by atoms with Crippen LogP contribution in [0, 0.1) is 18.6 Å². The van der Waals surface area contributed by atoms with Gasteiger partial charge in [0.05, 0.1) is 10.6 Å². The maximum atomic E-state index is 13.6. The molecule has 23 heavy (non-hydrogen) atoms. The zero-order chi connectivity index (χ0) is 17.2. The number of hydrogen-bond donors (Lipinski definition) is 2. The van der Waals surface area contributed by atoms with Crippen LogP contribution in [-0.2, 0) is 14.8 Å². The second-order valence-electron chi connectivity index (χ2n) is 4.89. The molecule has 0 aliphatic rings. The molecule has 0 aromatic heterocycles. The first-order valence-electron chi connectivity index (χ1n) is 6.55. The fraction of sp³-hybridized carbons (Fsp3) is 0.133. The minimum atomic E-state index is -4.15. The van der Waals surface area contributed by atoms with E-state index in [1.807, 2.05) is 4.72 Å². The molecule has 0 aliphatic heterocycles. The van der Waals surface area contributed by atoms with Crippen LogP contribution in [0.1, 0.15) is 12.5 Å². The topological polar surface area (TPSA) is 75.3 Å². The number of sulfonamides is 1. The van der Waals surface area contributed by atoms with Crippen LogP contribution in [0.3, 0.4) is 0 Å². The van der Waals surface area contributed by atoms with Crippen LogP contribution < -0.4 is 10.0 Å². The summed E-state index contributed by atoms with van der Waals surface area (Å²) in [5.74, 6) is -2.03. The molecule has 1 amide bonds. The predicted octanol–water partition coefficient (Wildman–Crippen LogP) is 3.03. The van der Waals surface area contributed by atoms with Gasteiger partial charge >= 0.3 is 0 Å². The Bertz CT molecular complexity index is 867. The standard InChI is InChI=1S/C15H14F2N2O3S/c1-9-3-5-12(18-10(2)20)8-15(9)23(21,22)19-14-7-11(16)4-6-13(14)17/h3-8,19H,1-2H3,(H,18,20). The molecule has 0 saturated carbocycles. The van der Waals surface area contributed by atoms with Gasteiger partial charge in [0.25, 0.3) is 10.0 Å². The van der Waals surface area contributed by atoms with Crippen molar-refractivity contribution in [3.8, 4) is 0 Å². The first-order valence-corrected chi connectivity index (χ1v) is 8.03. The van der Waals surface area contributed by atoms with Gasteiger partial charge in [-0.1, -0.05) is 6.07 Å². The molecular weight excluding hydrogens is 326 g/mol. The zero-order valence-electron chi connectivity index (χ0n) is 12.4. The highest BCUT2D eigenvalue weighted by Crippen LogP contribution is 2.24. The second kappa shape index (κ2) is 6.33. The van der Waals surface area contributed by atoms with Gasteiger partial charge in [-0.2, -0.15) is 0 Å². The lowest BCUT2D eigenvalue weighted by Crippen LogP contribution is -2.16. The molecule has 0 aliphatic carbocycles. The number of anilines is 2. The molecule has 8 heteroatoms. The average Bonchev–Trinajstić information content (AvgIpc) is 2.44. The zero-order valence-corrected chi connectivity index (χ0v) is 13.2. The molecule has 0 unspecified atom stereocenters. The van der Waals surface area contributed by atoms with Crippen molar-refractivity contribution in [2.45, 2.75) is 18.7 Å². The smallest absolute Gasteiger partial charge is 0.262 e. The summed E-state index contributed by atoms with van der Waals surface area (Å²) < 4.78 is 53.6. The van der Waals surface area contributed by atoms with E-state index in [1.165, 1.54) is 19.1 Å². The Labute approximate surface area is 132 Å². The Hall–Kier alpha value is -2.48. The highest BCUT2D eigenvalue weighted by molar-refractivity contribution is 7.92. The third-order valence-electron chi connectivity index (χ3n) is 2.97. The van der Waals surface area contributed by atoms with Crippen molar-refractivity contribution in [2.75, 3.05) is 10.0 Å². The first-order chi connectivity index (χ1) is 10.7. The molecule has 5 nitrogen and oxygen atoms in total. The summed E-state index contributed by atoms with van der Waals surface area (Å²) in [5.41, 5.74) is 0.181. The van der Waals surface area contributed by atoms with Crippen LogP contribution >= 0.6 is 0 Å². The van der Waals surface area contributed by atoms with Crippen molar-refractivity contribution in [3.05, 3.63) is 53.6 Å². The predicted molar refractivity (Wildman–Crippen MR) is 82.6 cm³/mol. The van der Waals surface area contributed by atoms with Crippen LogP contribution in [0.4, 0.5) is 20.2 Å². The van der Waals surface area contributed by atoms with E-state index in [9.17, 15) is 22.0 Å². The summed E-state index contributed by atoms with van der Waals surface area (Å²) in [7, 11) is -4.15. The average molecular weight is 340 g/mol. The lowest BCUT2D eigenvalue weighted by atomic mass is 10.2. The minimum Gasteiger partial charge on any atom is -0.326 e. The first kappa shape index (κ1) is 16.9. The quantitative estimate of drug-likeness (QED) is 0.898. The van der Waals surface area contributed by atoms with E-state index < -0.39 is 27.3 Å². The van der Waals surface area contributed by atoms with Gasteiger partial charge in [-0.15, -0.1) is 0 Å². The molecule has 0 radical (unpaired) electrons. The van der Waals surface area contributed by atoms with Gasteiger partial charge in [0, 0.05) is 18.7 Å². The highest BCUT2D eigenvalue weighted by atomic mass is 32.2. The largest absolute Gasteiger partial charge is 0.326 e.